The standard InChI is InChI=1S/C14H16ClN5O/c15-12-2-1-10(8-17-12)20-13-7-14(19-9-18-13)21-11-3-5-16-6-4-11/h1-2,7-9,11,16H,3-6H2,(H,18,19,20). The first kappa shape index (κ1) is 14.0. The van der Waals surface area contributed by atoms with Gasteiger partial charge in [0.25, 0.3) is 0 Å². The first-order chi connectivity index (χ1) is 10.3. The van der Waals surface area contributed by atoms with Crippen LogP contribution in [0.3, 0.4) is 0 Å². The molecule has 110 valence electrons. The number of hydrogen-bond donors (Lipinski definition) is 2. The highest BCUT2D eigenvalue weighted by molar-refractivity contribution is 6.29. The lowest BCUT2D eigenvalue weighted by molar-refractivity contribution is 0.156. The van der Waals surface area contributed by atoms with Crippen molar-refractivity contribution in [3.8, 4) is 5.88 Å². The van der Waals surface area contributed by atoms with Gasteiger partial charge in [0.2, 0.25) is 5.88 Å². The number of nitrogens with zero attached hydrogens (tertiary/aromatic N) is 3. The molecule has 1 fully saturated rings. The van der Waals surface area contributed by atoms with Gasteiger partial charge in [0, 0.05) is 6.07 Å². The molecule has 0 aromatic carbocycles. The van der Waals surface area contributed by atoms with Crippen LogP contribution in [0.5, 0.6) is 5.88 Å². The zero-order valence-corrected chi connectivity index (χ0v) is 12.2. The average molecular weight is 306 g/mol. The molecule has 1 aliphatic rings. The van der Waals surface area contributed by atoms with E-state index in [1.54, 1.807) is 18.3 Å². The Kier molecular flexibility index (Phi) is 4.47. The maximum atomic E-state index is 5.88. The van der Waals surface area contributed by atoms with Crippen molar-refractivity contribution in [2.75, 3.05) is 18.4 Å². The van der Waals surface area contributed by atoms with Gasteiger partial charge in [0.05, 0.1) is 11.9 Å². The fourth-order valence-corrected chi connectivity index (χ4v) is 2.27. The van der Waals surface area contributed by atoms with E-state index in [2.05, 4.69) is 25.6 Å². The molecule has 3 heterocycles. The molecule has 0 radical (unpaired) electrons. The highest BCUT2D eigenvalue weighted by Crippen LogP contribution is 2.19. The first-order valence-corrected chi connectivity index (χ1v) is 7.25. The highest BCUT2D eigenvalue weighted by atomic mass is 35.5. The van der Waals surface area contributed by atoms with E-state index in [-0.39, 0.29) is 6.10 Å². The van der Waals surface area contributed by atoms with Crippen LogP contribution in [0.25, 0.3) is 0 Å². The minimum Gasteiger partial charge on any atom is -0.474 e. The van der Waals surface area contributed by atoms with Crippen molar-refractivity contribution in [1.29, 1.82) is 0 Å². The van der Waals surface area contributed by atoms with Crippen molar-refractivity contribution in [1.82, 2.24) is 20.3 Å². The summed E-state index contributed by atoms with van der Waals surface area (Å²) in [5.74, 6) is 1.25. The van der Waals surface area contributed by atoms with E-state index < -0.39 is 0 Å². The Morgan fingerprint density at radius 2 is 2.05 bits per heavy atom. The van der Waals surface area contributed by atoms with Crippen molar-refractivity contribution < 1.29 is 4.74 Å². The third-order valence-electron chi connectivity index (χ3n) is 3.22. The van der Waals surface area contributed by atoms with Crippen molar-refractivity contribution in [3.05, 3.63) is 35.9 Å². The number of aromatic nitrogens is 3. The number of pyridine rings is 1. The summed E-state index contributed by atoms with van der Waals surface area (Å²) in [4.78, 5) is 12.3. The van der Waals surface area contributed by atoms with Gasteiger partial charge < -0.3 is 15.4 Å². The maximum absolute atomic E-state index is 5.88. The molecule has 3 rings (SSSR count). The molecule has 0 atom stereocenters. The van der Waals surface area contributed by atoms with Gasteiger partial charge in [-0.1, -0.05) is 11.6 Å². The molecular weight excluding hydrogens is 290 g/mol. The molecule has 2 aromatic heterocycles. The SMILES string of the molecule is Clc1ccc(Nc2cc(OC3CCNCC3)ncn2)cn1. The van der Waals surface area contributed by atoms with E-state index in [0.717, 1.165) is 31.6 Å². The third kappa shape index (κ3) is 4.03. The zero-order valence-electron chi connectivity index (χ0n) is 11.4. The van der Waals surface area contributed by atoms with Gasteiger partial charge in [-0.3, -0.25) is 0 Å². The molecule has 6 nitrogen and oxygen atoms in total. The molecule has 21 heavy (non-hydrogen) atoms. The van der Waals surface area contributed by atoms with Crippen LogP contribution in [0, 0.1) is 0 Å². The maximum Gasteiger partial charge on any atom is 0.218 e. The highest BCUT2D eigenvalue weighted by Gasteiger charge is 2.15. The van der Waals surface area contributed by atoms with Gasteiger partial charge in [-0.15, -0.1) is 0 Å². The number of rotatable bonds is 4. The molecule has 0 saturated carbocycles. The molecule has 2 aromatic rings. The normalized spacial score (nSPS) is 15.7. The van der Waals surface area contributed by atoms with Crippen LogP contribution < -0.4 is 15.4 Å². The zero-order chi connectivity index (χ0) is 14.5. The number of nitrogens with one attached hydrogen (secondary N) is 2. The monoisotopic (exact) mass is 305 g/mol. The van der Waals surface area contributed by atoms with E-state index >= 15 is 0 Å². The van der Waals surface area contributed by atoms with Gasteiger partial charge in [0.1, 0.15) is 23.4 Å². The second kappa shape index (κ2) is 6.69. The largest absolute Gasteiger partial charge is 0.474 e. The third-order valence-corrected chi connectivity index (χ3v) is 3.44. The van der Waals surface area contributed by atoms with Crippen molar-refractivity contribution >= 4 is 23.1 Å². The molecule has 0 spiro atoms. The van der Waals surface area contributed by atoms with E-state index in [9.17, 15) is 0 Å². The Balaban J connectivity index is 1.66. The molecule has 0 bridgehead atoms. The van der Waals surface area contributed by atoms with Crippen LogP contribution in [-0.4, -0.2) is 34.1 Å². The number of hydrogen-bond acceptors (Lipinski definition) is 6. The fourth-order valence-electron chi connectivity index (χ4n) is 2.15. The summed E-state index contributed by atoms with van der Waals surface area (Å²) in [5, 5.41) is 6.91. The lowest BCUT2D eigenvalue weighted by Crippen LogP contribution is -2.34. The van der Waals surface area contributed by atoms with Crippen molar-refractivity contribution in [3.63, 3.8) is 0 Å². The molecule has 0 aliphatic carbocycles. The fraction of sp³-hybridized carbons (Fsp3) is 0.357. The first-order valence-electron chi connectivity index (χ1n) is 6.87. The summed E-state index contributed by atoms with van der Waals surface area (Å²) >= 11 is 5.76. The smallest absolute Gasteiger partial charge is 0.218 e. The minimum atomic E-state index is 0.214. The summed E-state index contributed by atoms with van der Waals surface area (Å²) < 4.78 is 5.88. The van der Waals surface area contributed by atoms with Gasteiger partial charge in [-0.2, -0.15) is 0 Å². The van der Waals surface area contributed by atoms with Crippen LogP contribution in [0.2, 0.25) is 5.15 Å². The summed E-state index contributed by atoms with van der Waals surface area (Å²) in [6.07, 6.45) is 5.34. The van der Waals surface area contributed by atoms with Gasteiger partial charge >= 0.3 is 0 Å². The van der Waals surface area contributed by atoms with Gasteiger partial charge in [-0.05, 0) is 38.1 Å². The topological polar surface area (TPSA) is 72.0 Å². The van der Waals surface area contributed by atoms with Crippen LogP contribution >= 0.6 is 11.6 Å². The molecule has 7 heteroatoms. The summed E-state index contributed by atoms with van der Waals surface area (Å²) in [6, 6.07) is 5.35. The van der Waals surface area contributed by atoms with Crippen LogP contribution in [0.4, 0.5) is 11.5 Å². The Morgan fingerprint density at radius 1 is 1.19 bits per heavy atom. The summed E-state index contributed by atoms with van der Waals surface area (Å²) in [7, 11) is 0. The molecular formula is C14H16ClN5O. The van der Waals surface area contributed by atoms with Gasteiger partial charge in [-0.25, -0.2) is 15.0 Å². The Labute approximate surface area is 127 Å². The number of piperidine rings is 1. The molecule has 0 unspecified atom stereocenters. The van der Waals surface area contributed by atoms with Crippen molar-refractivity contribution in [2.24, 2.45) is 0 Å². The second-order valence-electron chi connectivity index (χ2n) is 4.80. The summed E-state index contributed by atoms with van der Waals surface area (Å²) in [6.45, 7) is 1.97. The Hall–Kier alpha value is -1.92. The van der Waals surface area contributed by atoms with Crippen LogP contribution in [-0.2, 0) is 0 Å². The lowest BCUT2D eigenvalue weighted by Gasteiger charge is -2.23. The quantitative estimate of drug-likeness (QED) is 0.845. The van der Waals surface area contributed by atoms with E-state index in [1.807, 2.05) is 6.07 Å². The molecule has 0 amide bonds. The predicted molar refractivity (Wildman–Crippen MR) is 81.1 cm³/mol. The van der Waals surface area contributed by atoms with Crippen LogP contribution in [0.15, 0.2) is 30.7 Å². The van der Waals surface area contributed by atoms with Crippen molar-refractivity contribution in [2.45, 2.75) is 18.9 Å². The molecule has 1 aliphatic heterocycles. The number of ether oxygens (including phenoxy) is 1. The molecule has 2 N–H and O–H groups in total. The van der Waals surface area contributed by atoms with Gasteiger partial charge in [0.15, 0.2) is 0 Å². The van der Waals surface area contributed by atoms with E-state index in [1.165, 1.54) is 6.33 Å². The predicted octanol–water partition coefficient (Wildman–Crippen LogP) is 2.40. The molecule has 1 saturated heterocycles. The Morgan fingerprint density at radius 3 is 2.81 bits per heavy atom. The van der Waals surface area contributed by atoms with E-state index in [4.69, 9.17) is 16.3 Å². The lowest BCUT2D eigenvalue weighted by atomic mass is 10.1. The minimum absolute atomic E-state index is 0.214. The second-order valence-corrected chi connectivity index (χ2v) is 5.19. The number of halogens is 1. The Bertz CT molecular complexity index is 586. The van der Waals surface area contributed by atoms with Crippen LogP contribution in [0.1, 0.15) is 12.8 Å². The average Bonchev–Trinajstić information content (AvgIpc) is 2.51. The summed E-state index contributed by atoms with van der Waals surface area (Å²) in [5.41, 5.74) is 0.811. The number of anilines is 2. The van der Waals surface area contributed by atoms with E-state index in [0.29, 0.717) is 16.9 Å².